The van der Waals surface area contributed by atoms with Gasteiger partial charge in [0.05, 0.1) is 18.2 Å². The molecule has 2 rings (SSSR count). The van der Waals surface area contributed by atoms with Crippen molar-refractivity contribution in [3.05, 3.63) is 33.8 Å². The van der Waals surface area contributed by atoms with E-state index in [1.54, 1.807) is 6.07 Å². The summed E-state index contributed by atoms with van der Waals surface area (Å²) >= 11 is 3.07. The molecule has 1 aliphatic rings. The van der Waals surface area contributed by atoms with Crippen molar-refractivity contribution in [1.82, 2.24) is 5.43 Å². The fourth-order valence-corrected chi connectivity index (χ4v) is 2.70. The van der Waals surface area contributed by atoms with Crippen LogP contribution in [0.1, 0.15) is 23.6 Å². The molecule has 0 amide bonds. The van der Waals surface area contributed by atoms with Gasteiger partial charge < -0.3 is 4.74 Å². The molecule has 2 unspecified atom stereocenters. The van der Waals surface area contributed by atoms with Crippen LogP contribution in [0.3, 0.4) is 0 Å². The predicted molar refractivity (Wildman–Crippen MR) is 68.1 cm³/mol. The van der Waals surface area contributed by atoms with Crippen LogP contribution in [-0.4, -0.2) is 13.2 Å². The van der Waals surface area contributed by atoms with E-state index in [0.29, 0.717) is 24.1 Å². The molecule has 0 radical (unpaired) electrons. The monoisotopic (exact) mass is 338 g/mol. The average molecular weight is 339 g/mol. The highest BCUT2D eigenvalue weighted by Crippen LogP contribution is 2.39. The maximum atomic E-state index is 13.1. The summed E-state index contributed by atoms with van der Waals surface area (Å²) in [6, 6.07) is 3.56. The third-order valence-corrected chi connectivity index (χ3v) is 3.76. The Morgan fingerprint density at radius 1 is 1.42 bits per heavy atom. The third kappa shape index (κ3) is 3.28. The lowest BCUT2D eigenvalue weighted by molar-refractivity contribution is -0.138. The summed E-state index contributed by atoms with van der Waals surface area (Å²) in [5.74, 6) is 5.40. The number of hydrogen-bond donors (Lipinski definition) is 2. The van der Waals surface area contributed by atoms with Gasteiger partial charge >= 0.3 is 6.18 Å². The van der Waals surface area contributed by atoms with Gasteiger partial charge in [-0.15, -0.1) is 0 Å². The van der Waals surface area contributed by atoms with E-state index in [9.17, 15) is 13.2 Å². The van der Waals surface area contributed by atoms with E-state index in [4.69, 9.17) is 10.6 Å². The second kappa shape index (κ2) is 5.78. The predicted octanol–water partition coefficient (Wildman–Crippen LogP) is 3.01. The zero-order chi connectivity index (χ0) is 14.0. The molecule has 0 saturated carbocycles. The lowest BCUT2D eigenvalue weighted by Crippen LogP contribution is -2.35. The third-order valence-electron chi connectivity index (χ3n) is 3.27. The van der Waals surface area contributed by atoms with Gasteiger partial charge in [0.1, 0.15) is 0 Å². The quantitative estimate of drug-likeness (QED) is 0.657. The minimum absolute atomic E-state index is 0.0488. The Labute approximate surface area is 117 Å². The van der Waals surface area contributed by atoms with Crippen molar-refractivity contribution in [1.29, 1.82) is 0 Å². The Bertz CT molecular complexity index is 447. The number of rotatable bonds is 3. The van der Waals surface area contributed by atoms with Gasteiger partial charge in [0.15, 0.2) is 0 Å². The number of alkyl halides is 3. The van der Waals surface area contributed by atoms with E-state index in [1.807, 2.05) is 0 Å². The largest absolute Gasteiger partial charge is 0.416 e. The molecule has 1 heterocycles. The summed E-state index contributed by atoms with van der Waals surface area (Å²) in [7, 11) is 0. The van der Waals surface area contributed by atoms with E-state index in [-0.39, 0.29) is 11.5 Å². The van der Waals surface area contributed by atoms with Crippen LogP contribution in [0.2, 0.25) is 0 Å². The Morgan fingerprint density at radius 3 is 2.68 bits per heavy atom. The van der Waals surface area contributed by atoms with Gasteiger partial charge in [0, 0.05) is 17.0 Å². The Balaban J connectivity index is 2.41. The first kappa shape index (κ1) is 14.8. The van der Waals surface area contributed by atoms with Crippen molar-refractivity contribution < 1.29 is 17.9 Å². The van der Waals surface area contributed by atoms with Crippen LogP contribution in [0.15, 0.2) is 22.7 Å². The van der Waals surface area contributed by atoms with Crippen LogP contribution >= 0.6 is 15.9 Å². The normalized spacial score (nSPS) is 21.6. The van der Waals surface area contributed by atoms with E-state index in [0.717, 1.165) is 6.07 Å². The summed E-state index contributed by atoms with van der Waals surface area (Å²) in [4.78, 5) is 0. The SMILES string of the molecule is NNC(c1ccc(Br)cc1C(F)(F)F)C1CCOC1. The molecular weight excluding hydrogens is 325 g/mol. The van der Waals surface area contributed by atoms with Crippen molar-refractivity contribution >= 4 is 15.9 Å². The number of hydrazine groups is 1. The van der Waals surface area contributed by atoms with Crippen LogP contribution in [0.4, 0.5) is 13.2 Å². The van der Waals surface area contributed by atoms with E-state index in [2.05, 4.69) is 21.4 Å². The number of nitrogens with one attached hydrogen (secondary N) is 1. The second-order valence-corrected chi connectivity index (χ2v) is 5.41. The molecule has 2 atom stereocenters. The lowest BCUT2D eigenvalue weighted by Gasteiger charge is -2.25. The number of benzene rings is 1. The number of hydrogen-bond acceptors (Lipinski definition) is 3. The zero-order valence-electron chi connectivity index (χ0n) is 10.0. The smallest absolute Gasteiger partial charge is 0.381 e. The van der Waals surface area contributed by atoms with Gasteiger partial charge in [-0.2, -0.15) is 13.2 Å². The van der Waals surface area contributed by atoms with Crippen LogP contribution in [0.25, 0.3) is 0 Å². The summed E-state index contributed by atoms with van der Waals surface area (Å²) in [5, 5.41) is 0. The standard InChI is InChI=1S/C12H14BrF3N2O/c13-8-1-2-9(10(5-8)12(14,15)16)11(18-17)7-3-4-19-6-7/h1-2,5,7,11,18H,3-4,6,17H2. The summed E-state index contributed by atoms with van der Waals surface area (Å²) < 4.78 is 44.9. The zero-order valence-corrected chi connectivity index (χ0v) is 11.6. The van der Waals surface area contributed by atoms with Crippen LogP contribution in [-0.2, 0) is 10.9 Å². The number of ether oxygens (including phenoxy) is 1. The van der Waals surface area contributed by atoms with E-state index in [1.165, 1.54) is 6.07 Å². The van der Waals surface area contributed by atoms with Crippen molar-refractivity contribution in [2.24, 2.45) is 11.8 Å². The maximum absolute atomic E-state index is 13.1. The summed E-state index contributed by atoms with van der Waals surface area (Å²) in [5.41, 5.74) is 1.99. The maximum Gasteiger partial charge on any atom is 0.416 e. The summed E-state index contributed by atoms with van der Waals surface area (Å²) in [6.45, 7) is 0.975. The van der Waals surface area contributed by atoms with Gasteiger partial charge in [-0.1, -0.05) is 22.0 Å². The molecule has 1 aliphatic heterocycles. The number of nitrogens with two attached hydrogens (primary N) is 1. The highest BCUT2D eigenvalue weighted by molar-refractivity contribution is 9.10. The second-order valence-electron chi connectivity index (χ2n) is 4.50. The van der Waals surface area contributed by atoms with E-state index < -0.39 is 17.8 Å². The first-order chi connectivity index (χ1) is 8.93. The van der Waals surface area contributed by atoms with Crippen LogP contribution in [0.5, 0.6) is 0 Å². The molecule has 1 aromatic carbocycles. The topological polar surface area (TPSA) is 47.3 Å². The minimum Gasteiger partial charge on any atom is -0.381 e. The Hall–Kier alpha value is -0.630. The van der Waals surface area contributed by atoms with Crippen LogP contribution < -0.4 is 11.3 Å². The molecule has 3 nitrogen and oxygen atoms in total. The summed E-state index contributed by atoms with van der Waals surface area (Å²) in [6.07, 6.45) is -3.71. The fraction of sp³-hybridized carbons (Fsp3) is 0.500. The lowest BCUT2D eigenvalue weighted by atomic mass is 9.89. The Kier molecular flexibility index (Phi) is 4.50. The molecule has 106 valence electrons. The van der Waals surface area contributed by atoms with Gasteiger partial charge in [0.25, 0.3) is 0 Å². The molecule has 0 aliphatic carbocycles. The molecule has 1 fully saturated rings. The minimum atomic E-state index is -4.41. The fourth-order valence-electron chi connectivity index (χ4n) is 2.34. The molecule has 0 aromatic heterocycles. The van der Waals surface area contributed by atoms with Gasteiger partial charge in [-0.3, -0.25) is 11.3 Å². The van der Waals surface area contributed by atoms with Crippen molar-refractivity contribution in [2.75, 3.05) is 13.2 Å². The molecule has 19 heavy (non-hydrogen) atoms. The van der Waals surface area contributed by atoms with Gasteiger partial charge in [0.2, 0.25) is 0 Å². The Morgan fingerprint density at radius 2 is 2.16 bits per heavy atom. The highest BCUT2D eigenvalue weighted by Gasteiger charge is 2.37. The van der Waals surface area contributed by atoms with Gasteiger partial charge in [-0.05, 0) is 24.1 Å². The molecular formula is C12H14BrF3N2O. The highest BCUT2D eigenvalue weighted by atomic mass is 79.9. The molecule has 7 heteroatoms. The van der Waals surface area contributed by atoms with Crippen LogP contribution in [0, 0.1) is 5.92 Å². The molecule has 1 aromatic rings. The molecule has 3 N–H and O–H groups in total. The van der Waals surface area contributed by atoms with Crippen molar-refractivity contribution in [3.8, 4) is 0 Å². The molecule has 0 spiro atoms. The first-order valence-corrected chi connectivity index (χ1v) is 6.63. The first-order valence-electron chi connectivity index (χ1n) is 5.84. The van der Waals surface area contributed by atoms with E-state index >= 15 is 0 Å². The molecule has 0 bridgehead atoms. The number of halogens is 4. The van der Waals surface area contributed by atoms with Crippen molar-refractivity contribution in [2.45, 2.75) is 18.6 Å². The van der Waals surface area contributed by atoms with Gasteiger partial charge in [-0.25, -0.2) is 0 Å². The molecule has 1 saturated heterocycles. The van der Waals surface area contributed by atoms with Crippen molar-refractivity contribution in [3.63, 3.8) is 0 Å². The average Bonchev–Trinajstić information content (AvgIpc) is 2.84.